The first-order valence-corrected chi connectivity index (χ1v) is 9.11. The smallest absolute Gasteiger partial charge is 0.0931 e. The van der Waals surface area contributed by atoms with Gasteiger partial charge in [0.25, 0.3) is 0 Å². The number of halogens is 1. The molecule has 0 saturated heterocycles. The highest BCUT2D eigenvalue weighted by Gasteiger charge is 2.11. The Morgan fingerprint density at radius 2 is 2.00 bits per heavy atom. The van der Waals surface area contributed by atoms with Crippen molar-refractivity contribution in [2.75, 3.05) is 12.3 Å². The van der Waals surface area contributed by atoms with Crippen LogP contribution in [0.4, 0.5) is 0 Å². The zero-order chi connectivity index (χ0) is 14.2. The largest absolute Gasteiger partial charge is 0.313 e. The number of thioether (sulfide) groups is 1. The summed E-state index contributed by atoms with van der Waals surface area (Å²) in [5.41, 5.74) is 0. The van der Waals surface area contributed by atoms with Crippen LogP contribution in [0.3, 0.4) is 0 Å². The van der Waals surface area contributed by atoms with Crippen LogP contribution in [0, 0.1) is 0 Å². The minimum Gasteiger partial charge on any atom is -0.313 e. The first-order valence-electron chi connectivity index (χ1n) is 6.93. The molecule has 0 aliphatic heterocycles. The van der Waals surface area contributed by atoms with Gasteiger partial charge in [-0.25, -0.2) is 0 Å². The van der Waals surface area contributed by atoms with Crippen molar-refractivity contribution in [3.63, 3.8) is 0 Å². The quantitative estimate of drug-likeness (QED) is 0.677. The number of nitrogens with one attached hydrogen (secondary N) is 1. The van der Waals surface area contributed by atoms with E-state index in [2.05, 4.69) is 48.6 Å². The van der Waals surface area contributed by atoms with E-state index in [0.29, 0.717) is 6.04 Å². The van der Waals surface area contributed by atoms with Crippen molar-refractivity contribution in [3.8, 4) is 0 Å². The van der Waals surface area contributed by atoms with Gasteiger partial charge in [-0.05, 0) is 43.7 Å². The number of thiophene rings is 1. The fourth-order valence-corrected chi connectivity index (χ4v) is 4.10. The van der Waals surface area contributed by atoms with E-state index in [4.69, 9.17) is 11.6 Å². The molecule has 0 saturated carbocycles. The van der Waals surface area contributed by atoms with E-state index in [9.17, 15) is 0 Å². The summed E-state index contributed by atoms with van der Waals surface area (Å²) in [5.74, 6) is 1.08. The maximum atomic E-state index is 6.01. The highest BCUT2D eigenvalue weighted by Crippen LogP contribution is 2.24. The Balaban J connectivity index is 1.89. The minimum atomic E-state index is 0.495. The van der Waals surface area contributed by atoms with Gasteiger partial charge in [-0.2, -0.15) is 0 Å². The molecule has 1 N–H and O–H groups in total. The maximum Gasteiger partial charge on any atom is 0.0931 e. The third-order valence-electron chi connectivity index (χ3n) is 2.95. The summed E-state index contributed by atoms with van der Waals surface area (Å²) >= 11 is 9.62. The Morgan fingerprint density at radius 3 is 2.65 bits per heavy atom. The van der Waals surface area contributed by atoms with Crippen molar-refractivity contribution >= 4 is 34.7 Å². The highest BCUT2D eigenvalue weighted by molar-refractivity contribution is 7.99. The summed E-state index contributed by atoms with van der Waals surface area (Å²) in [6, 6.07) is 15.2. The summed E-state index contributed by atoms with van der Waals surface area (Å²) in [7, 11) is 0. The van der Waals surface area contributed by atoms with Crippen molar-refractivity contribution in [1.29, 1.82) is 0 Å². The number of hydrogen-bond acceptors (Lipinski definition) is 3. The standard InChI is InChI=1S/C16H20ClNS2/c1-2-10-18-13(11-15-8-9-16(17)20-15)12-19-14-6-4-3-5-7-14/h3-9,13,18H,2,10-12H2,1H3. The van der Waals surface area contributed by atoms with E-state index in [0.717, 1.165) is 29.5 Å². The van der Waals surface area contributed by atoms with Crippen LogP contribution < -0.4 is 5.32 Å². The molecule has 1 heterocycles. The van der Waals surface area contributed by atoms with Crippen LogP contribution in [0.15, 0.2) is 47.4 Å². The van der Waals surface area contributed by atoms with Crippen molar-refractivity contribution in [2.45, 2.75) is 30.7 Å². The van der Waals surface area contributed by atoms with Crippen LogP contribution in [-0.4, -0.2) is 18.3 Å². The molecule has 0 aliphatic rings. The van der Waals surface area contributed by atoms with Crippen LogP contribution in [0.25, 0.3) is 0 Å². The van der Waals surface area contributed by atoms with Crippen molar-refractivity contribution in [2.24, 2.45) is 0 Å². The van der Waals surface area contributed by atoms with Gasteiger partial charge in [0.05, 0.1) is 4.34 Å². The molecule has 108 valence electrons. The maximum absolute atomic E-state index is 6.01. The van der Waals surface area contributed by atoms with Gasteiger partial charge in [0.1, 0.15) is 0 Å². The van der Waals surface area contributed by atoms with Crippen LogP contribution >= 0.6 is 34.7 Å². The average Bonchev–Trinajstić information content (AvgIpc) is 2.88. The second-order valence-electron chi connectivity index (χ2n) is 4.69. The van der Waals surface area contributed by atoms with Gasteiger partial charge in [-0.1, -0.05) is 36.7 Å². The van der Waals surface area contributed by atoms with Gasteiger partial charge in [0.15, 0.2) is 0 Å². The van der Waals surface area contributed by atoms with E-state index >= 15 is 0 Å². The topological polar surface area (TPSA) is 12.0 Å². The number of rotatable bonds is 8. The molecular formula is C16H20ClNS2. The Labute approximate surface area is 134 Å². The van der Waals surface area contributed by atoms with Gasteiger partial charge in [-0.15, -0.1) is 23.1 Å². The van der Waals surface area contributed by atoms with Gasteiger partial charge < -0.3 is 5.32 Å². The Kier molecular flexibility index (Phi) is 6.94. The molecule has 2 rings (SSSR count). The lowest BCUT2D eigenvalue weighted by Crippen LogP contribution is -2.33. The SMILES string of the molecule is CCCNC(CSc1ccccc1)Cc1ccc(Cl)s1. The Morgan fingerprint density at radius 1 is 1.20 bits per heavy atom. The summed E-state index contributed by atoms with van der Waals surface area (Å²) in [6.45, 7) is 3.27. The lowest BCUT2D eigenvalue weighted by molar-refractivity contribution is 0.553. The molecule has 1 aromatic heterocycles. The molecule has 0 radical (unpaired) electrons. The average molecular weight is 326 g/mol. The van der Waals surface area contributed by atoms with E-state index in [1.807, 2.05) is 17.8 Å². The Hall–Kier alpha value is -0.480. The molecule has 1 atom stereocenters. The normalized spacial score (nSPS) is 12.5. The molecule has 4 heteroatoms. The molecule has 0 fully saturated rings. The zero-order valence-electron chi connectivity index (χ0n) is 11.6. The molecule has 1 nitrogen and oxygen atoms in total. The van der Waals surface area contributed by atoms with Crippen molar-refractivity contribution in [3.05, 3.63) is 51.7 Å². The van der Waals surface area contributed by atoms with E-state index in [1.165, 1.54) is 9.77 Å². The second-order valence-corrected chi connectivity index (χ2v) is 7.58. The molecule has 0 amide bonds. The fraction of sp³-hybridized carbons (Fsp3) is 0.375. The number of benzene rings is 1. The summed E-state index contributed by atoms with van der Waals surface area (Å²) in [6.07, 6.45) is 2.22. The van der Waals surface area contributed by atoms with E-state index in [-0.39, 0.29) is 0 Å². The first-order chi connectivity index (χ1) is 9.78. The summed E-state index contributed by atoms with van der Waals surface area (Å²) < 4.78 is 0.880. The third-order valence-corrected chi connectivity index (χ3v) is 5.38. The Bertz CT molecular complexity index is 498. The third kappa shape index (κ3) is 5.49. The van der Waals surface area contributed by atoms with Crippen molar-refractivity contribution in [1.82, 2.24) is 5.32 Å². The monoisotopic (exact) mass is 325 g/mol. The number of hydrogen-bond donors (Lipinski definition) is 1. The zero-order valence-corrected chi connectivity index (χ0v) is 14.0. The highest BCUT2D eigenvalue weighted by atomic mass is 35.5. The van der Waals surface area contributed by atoms with Crippen LogP contribution in [0.5, 0.6) is 0 Å². The van der Waals surface area contributed by atoms with Crippen LogP contribution in [0.2, 0.25) is 4.34 Å². The first kappa shape index (κ1) is 15.9. The lowest BCUT2D eigenvalue weighted by atomic mass is 10.2. The molecule has 0 aliphatic carbocycles. The van der Waals surface area contributed by atoms with E-state index in [1.54, 1.807) is 11.3 Å². The second kappa shape index (κ2) is 8.73. The van der Waals surface area contributed by atoms with Crippen molar-refractivity contribution < 1.29 is 0 Å². The van der Waals surface area contributed by atoms with Crippen LogP contribution in [0.1, 0.15) is 18.2 Å². The predicted octanol–water partition coefficient (Wildman–Crippen LogP) is 5.10. The van der Waals surface area contributed by atoms with Crippen LogP contribution in [-0.2, 0) is 6.42 Å². The molecular weight excluding hydrogens is 306 g/mol. The van der Waals surface area contributed by atoms with Gasteiger partial charge in [0, 0.05) is 21.6 Å². The summed E-state index contributed by atoms with van der Waals surface area (Å²) in [4.78, 5) is 2.69. The van der Waals surface area contributed by atoms with Gasteiger partial charge in [-0.3, -0.25) is 0 Å². The molecule has 2 aromatic rings. The molecule has 1 unspecified atom stereocenters. The van der Waals surface area contributed by atoms with Gasteiger partial charge in [0.2, 0.25) is 0 Å². The molecule has 20 heavy (non-hydrogen) atoms. The molecule has 1 aromatic carbocycles. The predicted molar refractivity (Wildman–Crippen MR) is 92.3 cm³/mol. The lowest BCUT2D eigenvalue weighted by Gasteiger charge is -2.17. The summed E-state index contributed by atoms with van der Waals surface area (Å²) in [5, 5.41) is 3.64. The molecule has 0 spiro atoms. The minimum absolute atomic E-state index is 0.495. The molecule has 0 bridgehead atoms. The fourth-order valence-electron chi connectivity index (χ4n) is 1.96. The van der Waals surface area contributed by atoms with Gasteiger partial charge >= 0.3 is 0 Å². The van der Waals surface area contributed by atoms with E-state index < -0.39 is 0 Å².